The van der Waals surface area contributed by atoms with Crippen molar-refractivity contribution < 1.29 is 4.52 Å². The molecule has 1 aliphatic carbocycles. The van der Waals surface area contributed by atoms with E-state index in [-0.39, 0.29) is 0 Å². The minimum atomic E-state index is 0.307. The Balaban J connectivity index is 1.70. The second kappa shape index (κ2) is 7.04. The lowest BCUT2D eigenvalue weighted by Crippen LogP contribution is -2.24. The SMILES string of the molecule is C=CCc1ccc(-c2noc(-c3nn(CC)c4c3CCC(C)(C)C4)n2)cc1C. The summed E-state index contributed by atoms with van der Waals surface area (Å²) in [6, 6.07) is 6.26. The Morgan fingerprint density at radius 2 is 2.14 bits per heavy atom. The first-order chi connectivity index (χ1) is 13.4. The van der Waals surface area contributed by atoms with Gasteiger partial charge in [0.15, 0.2) is 5.69 Å². The summed E-state index contributed by atoms with van der Waals surface area (Å²) in [5.41, 5.74) is 7.19. The smallest absolute Gasteiger partial charge is 0.279 e. The molecule has 0 saturated carbocycles. The van der Waals surface area contributed by atoms with Crippen LogP contribution in [-0.4, -0.2) is 19.9 Å². The highest BCUT2D eigenvalue weighted by Crippen LogP contribution is 2.39. The number of nitrogens with zero attached hydrogens (tertiary/aromatic N) is 4. The lowest BCUT2D eigenvalue weighted by atomic mass is 9.76. The largest absolute Gasteiger partial charge is 0.332 e. The quantitative estimate of drug-likeness (QED) is 0.576. The molecule has 0 bridgehead atoms. The van der Waals surface area contributed by atoms with E-state index in [1.54, 1.807) is 0 Å². The lowest BCUT2D eigenvalue weighted by Gasteiger charge is -2.30. The van der Waals surface area contributed by atoms with Gasteiger partial charge in [-0.1, -0.05) is 37.2 Å². The Hall–Kier alpha value is -2.69. The zero-order valence-corrected chi connectivity index (χ0v) is 17.2. The van der Waals surface area contributed by atoms with Crippen LogP contribution in [0.4, 0.5) is 0 Å². The van der Waals surface area contributed by atoms with Crippen molar-refractivity contribution in [3.63, 3.8) is 0 Å². The fraction of sp³-hybridized carbons (Fsp3) is 0.435. The van der Waals surface area contributed by atoms with Crippen molar-refractivity contribution in [1.82, 2.24) is 19.9 Å². The van der Waals surface area contributed by atoms with Crippen LogP contribution >= 0.6 is 0 Å². The maximum atomic E-state index is 5.65. The van der Waals surface area contributed by atoms with Crippen LogP contribution in [0.2, 0.25) is 0 Å². The molecule has 0 spiro atoms. The standard InChI is InChI=1S/C23H28N4O/c1-6-8-16-9-10-17(13-15(16)3)21-24-22(28-26-21)20-18-11-12-23(4,5)14-19(18)27(7-2)25-20/h6,9-10,13H,1,7-8,11-12,14H2,2-5H3. The summed E-state index contributed by atoms with van der Waals surface area (Å²) in [6.45, 7) is 13.6. The molecule has 0 N–H and O–H groups in total. The Bertz CT molecular complexity index is 1030. The van der Waals surface area contributed by atoms with Crippen LogP contribution < -0.4 is 0 Å². The first-order valence-corrected chi connectivity index (χ1v) is 10.1. The molecular weight excluding hydrogens is 348 g/mol. The molecule has 1 aliphatic rings. The van der Waals surface area contributed by atoms with E-state index in [1.807, 2.05) is 12.1 Å². The third kappa shape index (κ3) is 3.30. The number of allylic oxidation sites excluding steroid dienone is 1. The molecular formula is C23H28N4O. The van der Waals surface area contributed by atoms with Crippen molar-refractivity contribution in [3.8, 4) is 23.0 Å². The molecule has 5 heteroatoms. The molecule has 0 unspecified atom stereocenters. The highest BCUT2D eigenvalue weighted by molar-refractivity contribution is 5.62. The summed E-state index contributed by atoms with van der Waals surface area (Å²) >= 11 is 0. The second-order valence-corrected chi connectivity index (χ2v) is 8.49. The second-order valence-electron chi connectivity index (χ2n) is 8.49. The zero-order valence-electron chi connectivity index (χ0n) is 17.2. The van der Waals surface area contributed by atoms with Gasteiger partial charge >= 0.3 is 0 Å². The van der Waals surface area contributed by atoms with Crippen molar-refractivity contribution in [2.24, 2.45) is 5.41 Å². The number of hydrogen-bond donors (Lipinski definition) is 0. The van der Waals surface area contributed by atoms with Gasteiger partial charge in [-0.05, 0) is 62.1 Å². The van der Waals surface area contributed by atoms with Gasteiger partial charge in [0.25, 0.3) is 5.89 Å². The number of rotatable bonds is 5. The van der Waals surface area contributed by atoms with Crippen LogP contribution in [0, 0.1) is 12.3 Å². The van der Waals surface area contributed by atoms with E-state index >= 15 is 0 Å². The van der Waals surface area contributed by atoms with Gasteiger partial charge in [0, 0.05) is 23.4 Å². The van der Waals surface area contributed by atoms with E-state index in [1.165, 1.54) is 22.4 Å². The van der Waals surface area contributed by atoms with Crippen LogP contribution in [0.25, 0.3) is 23.0 Å². The van der Waals surface area contributed by atoms with Crippen LogP contribution in [0.1, 0.15) is 49.6 Å². The highest BCUT2D eigenvalue weighted by atomic mass is 16.5. The van der Waals surface area contributed by atoms with E-state index in [9.17, 15) is 0 Å². The number of hydrogen-bond acceptors (Lipinski definition) is 4. The molecule has 0 radical (unpaired) electrons. The third-order valence-electron chi connectivity index (χ3n) is 5.76. The van der Waals surface area contributed by atoms with Gasteiger partial charge in [-0.2, -0.15) is 10.1 Å². The van der Waals surface area contributed by atoms with E-state index in [0.29, 0.717) is 17.1 Å². The fourth-order valence-corrected chi connectivity index (χ4v) is 4.09. The lowest BCUT2D eigenvalue weighted by molar-refractivity contribution is 0.304. The van der Waals surface area contributed by atoms with Crippen LogP contribution in [-0.2, 0) is 25.8 Å². The van der Waals surface area contributed by atoms with Crippen molar-refractivity contribution in [2.75, 3.05) is 0 Å². The summed E-state index contributed by atoms with van der Waals surface area (Å²) in [4.78, 5) is 4.69. The maximum absolute atomic E-state index is 5.65. The monoisotopic (exact) mass is 376 g/mol. The maximum Gasteiger partial charge on any atom is 0.279 e. The molecule has 3 aromatic rings. The number of fused-ring (bicyclic) bond motifs is 1. The molecule has 2 heterocycles. The molecule has 146 valence electrons. The predicted octanol–water partition coefficient (Wildman–Crippen LogP) is 5.17. The molecule has 0 aliphatic heterocycles. The molecule has 0 fully saturated rings. The number of aromatic nitrogens is 4. The summed E-state index contributed by atoms with van der Waals surface area (Å²) in [7, 11) is 0. The zero-order chi connectivity index (χ0) is 19.9. The van der Waals surface area contributed by atoms with Crippen molar-refractivity contribution in [1.29, 1.82) is 0 Å². The van der Waals surface area contributed by atoms with Gasteiger partial charge in [0.2, 0.25) is 5.82 Å². The molecule has 28 heavy (non-hydrogen) atoms. The van der Waals surface area contributed by atoms with E-state index in [2.05, 4.69) is 61.2 Å². The van der Waals surface area contributed by atoms with Gasteiger partial charge in [0.1, 0.15) is 0 Å². The highest BCUT2D eigenvalue weighted by Gasteiger charge is 2.32. The summed E-state index contributed by atoms with van der Waals surface area (Å²) in [5, 5.41) is 9.06. The van der Waals surface area contributed by atoms with Crippen molar-refractivity contribution in [3.05, 3.63) is 53.2 Å². The normalized spacial score (nSPS) is 15.4. The molecule has 4 rings (SSSR count). The van der Waals surface area contributed by atoms with E-state index < -0.39 is 0 Å². The van der Waals surface area contributed by atoms with Crippen molar-refractivity contribution in [2.45, 2.75) is 59.9 Å². The predicted molar refractivity (Wildman–Crippen MR) is 111 cm³/mol. The van der Waals surface area contributed by atoms with Crippen LogP contribution in [0.3, 0.4) is 0 Å². The molecule has 2 aromatic heterocycles. The first-order valence-electron chi connectivity index (χ1n) is 10.1. The first kappa shape index (κ1) is 18.7. The Morgan fingerprint density at radius 1 is 1.32 bits per heavy atom. The average Bonchev–Trinajstić information content (AvgIpc) is 3.27. The van der Waals surface area contributed by atoms with Crippen LogP contribution in [0.15, 0.2) is 35.4 Å². The van der Waals surface area contributed by atoms with Crippen LogP contribution in [0.5, 0.6) is 0 Å². The molecule has 1 aromatic carbocycles. The minimum absolute atomic E-state index is 0.307. The Morgan fingerprint density at radius 3 is 2.86 bits per heavy atom. The average molecular weight is 377 g/mol. The van der Waals surface area contributed by atoms with E-state index in [0.717, 1.165) is 43.5 Å². The summed E-state index contributed by atoms with van der Waals surface area (Å²) < 4.78 is 7.75. The topological polar surface area (TPSA) is 56.7 Å². The van der Waals surface area contributed by atoms with Crippen molar-refractivity contribution >= 4 is 0 Å². The number of benzene rings is 1. The Kier molecular flexibility index (Phi) is 4.69. The Labute approximate surface area is 166 Å². The summed E-state index contributed by atoms with van der Waals surface area (Å²) in [5.74, 6) is 1.13. The molecule has 0 saturated heterocycles. The fourth-order valence-electron chi connectivity index (χ4n) is 4.09. The molecule has 0 amide bonds. The van der Waals surface area contributed by atoms with Gasteiger partial charge in [-0.15, -0.1) is 6.58 Å². The van der Waals surface area contributed by atoms with Gasteiger partial charge in [-0.3, -0.25) is 4.68 Å². The summed E-state index contributed by atoms with van der Waals surface area (Å²) in [6.07, 6.45) is 5.97. The molecule has 0 atom stereocenters. The van der Waals surface area contributed by atoms with Gasteiger partial charge < -0.3 is 4.52 Å². The number of aryl methyl sites for hydroxylation is 2. The van der Waals surface area contributed by atoms with Gasteiger partial charge in [-0.25, -0.2) is 0 Å². The third-order valence-corrected chi connectivity index (χ3v) is 5.76. The molecule has 5 nitrogen and oxygen atoms in total. The minimum Gasteiger partial charge on any atom is -0.332 e. The van der Waals surface area contributed by atoms with Gasteiger partial charge in [0.05, 0.1) is 0 Å². The van der Waals surface area contributed by atoms with E-state index in [4.69, 9.17) is 9.62 Å².